The van der Waals surface area contributed by atoms with Gasteiger partial charge in [0, 0.05) is 24.0 Å². The number of fused-ring (bicyclic) bond motifs is 1. The van der Waals surface area contributed by atoms with Crippen LogP contribution in [0.25, 0.3) is 4.96 Å². The maximum absolute atomic E-state index is 5.82. The fourth-order valence-electron chi connectivity index (χ4n) is 4.00. The molecule has 3 fully saturated rings. The van der Waals surface area contributed by atoms with Gasteiger partial charge in [0.1, 0.15) is 0 Å². The summed E-state index contributed by atoms with van der Waals surface area (Å²) in [5.74, 6) is 0.694. The minimum absolute atomic E-state index is 0.0365. The van der Waals surface area contributed by atoms with E-state index in [-0.39, 0.29) is 6.29 Å². The van der Waals surface area contributed by atoms with E-state index in [1.165, 1.54) is 43.5 Å². The molecule has 23 heavy (non-hydrogen) atoms. The van der Waals surface area contributed by atoms with Crippen LogP contribution < -0.4 is 0 Å². The van der Waals surface area contributed by atoms with Crippen LogP contribution in [0.1, 0.15) is 49.4 Å². The van der Waals surface area contributed by atoms with Crippen LogP contribution in [0.3, 0.4) is 0 Å². The van der Waals surface area contributed by atoms with Gasteiger partial charge in [0.2, 0.25) is 0 Å². The van der Waals surface area contributed by atoms with Gasteiger partial charge in [-0.1, -0.05) is 6.42 Å². The molecule has 124 valence electrons. The van der Waals surface area contributed by atoms with Crippen LogP contribution in [-0.2, 0) is 16.0 Å². The number of aromatic nitrogens is 2. The van der Waals surface area contributed by atoms with Crippen molar-refractivity contribution in [3.8, 4) is 0 Å². The summed E-state index contributed by atoms with van der Waals surface area (Å²) in [6.07, 6.45) is 8.47. The Morgan fingerprint density at radius 2 is 2.04 bits per heavy atom. The Morgan fingerprint density at radius 1 is 1.17 bits per heavy atom. The summed E-state index contributed by atoms with van der Waals surface area (Å²) in [4.78, 5) is 8.63. The third-order valence-electron chi connectivity index (χ3n) is 5.33. The normalized spacial score (nSPS) is 27.2. The lowest BCUT2D eigenvalue weighted by atomic mass is 10.0. The quantitative estimate of drug-likeness (QED) is 0.862. The van der Waals surface area contributed by atoms with Crippen molar-refractivity contribution in [2.75, 3.05) is 19.8 Å². The number of imidazole rings is 1. The zero-order chi connectivity index (χ0) is 15.2. The van der Waals surface area contributed by atoms with Crippen molar-refractivity contribution >= 4 is 16.3 Å². The van der Waals surface area contributed by atoms with E-state index < -0.39 is 0 Å². The minimum atomic E-state index is -0.0365. The fraction of sp³-hybridized carbons (Fsp3) is 0.706. The van der Waals surface area contributed by atoms with Gasteiger partial charge in [0.25, 0.3) is 0 Å². The second-order valence-corrected chi connectivity index (χ2v) is 7.79. The lowest BCUT2D eigenvalue weighted by molar-refractivity contribution is -0.111. The number of thiazole rings is 1. The van der Waals surface area contributed by atoms with Crippen molar-refractivity contribution in [2.24, 2.45) is 0 Å². The van der Waals surface area contributed by atoms with Crippen molar-refractivity contribution in [1.82, 2.24) is 14.3 Å². The van der Waals surface area contributed by atoms with E-state index in [4.69, 9.17) is 14.5 Å². The molecule has 4 heterocycles. The van der Waals surface area contributed by atoms with Gasteiger partial charge in [0.05, 0.1) is 30.6 Å². The predicted molar refractivity (Wildman–Crippen MR) is 88.8 cm³/mol. The summed E-state index contributed by atoms with van der Waals surface area (Å²) in [5.41, 5.74) is 2.74. The molecule has 0 unspecified atom stereocenters. The molecule has 2 aliphatic heterocycles. The molecule has 2 saturated heterocycles. The smallest absolute Gasteiger partial charge is 0.194 e. The molecule has 2 aromatic heterocycles. The summed E-state index contributed by atoms with van der Waals surface area (Å²) >= 11 is 1.74. The molecule has 1 atom stereocenters. The first-order valence-electron chi connectivity index (χ1n) is 8.82. The molecule has 0 bridgehead atoms. The largest absolute Gasteiger partial charge is 0.349 e. The van der Waals surface area contributed by atoms with Crippen LogP contribution in [0.2, 0.25) is 0 Å². The fourth-order valence-corrected chi connectivity index (χ4v) is 4.74. The van der Waals surface area contributed by atoms with E-state index in [1.54, 1.807) is 11.3 Å². The second kappa shape index (κ2) is 5.84. The summed E-state index contributed by atoms with van der Waals surface area (Å²) in [7, 11) is 0. The van der Waals surface area contributed by atoms with Crippen molar-refractivity contribution < 1.29 is 9.47 Å². The summed E-state index contributed by atoms with van der Waals surface area (Å²) in [6, 6.07) is 0.391. The summed E-state index contributed by atoms with van der Waals surface area (Å²) in [5, 5.41) is 2.14. The van der Waals surface area contributed by atoms with Gasteiger partial charge in [-0.25, -0.2) is 4.98 Å². The number of nitrogens with zero attached hydrogens (tertiary/aromatic N) is 3. The molecule has 5 nitrogen and oxygen atoms in total. The Labute approximate surface area is 140 Å². The number of rotatable bonds is 4. The first-order valence-corrected chi connectivity index (χ1v) is 9.70. The molecular formula is C17H23N3O2S. The van der Waals surface area contributed by atoms with Gasteiger partial charge in [-0.3, -0.25) is 9.30 Å². The van der Waals surface area contributed by atoms with Crippen LogP contribution in [0.15, 0.2) is 11.6 Å². The highest BCUT2D eigenvalue weighted by atomic mass is 32.1. The molecule has 6 heteroatoms. The molecule has 0 aromatic carbocycles. The van der Waals surface area contributed by atoms with Crippen LogP contribution in [0, 0.1) is 0 Å². The van der Waals surface area contributed by atoms with Crippen LogP contribution in [-0.4, -0.2) is 46.4 Å². The molecule has 1 aliphatic carbocycles. The molecule has 5 rings (SSSR count). The first-order chi connectivity index (χ1) is 11.4. The first kappa shape index (κ1) is 14.4. The van der Waals surface area contributed by atoms with Gasteiger partial charge >= 0.3 is 0 Å². The van der Waals surface area contributed by atoms with Gasteiger partial charge in [-0.15, -0.1) is 11.3 Å². The van der Waals surface area contributed by atoms with E-state index >= 15 is 0 Å². The third-order valence-corrected chi connectivity index (χ3v) is 6.09. The van der Waals surface area contributed by atoms with E-state index in [9.17, 15) is 0 Å². The third kappa shape index (κ3) is 2.61. The van der Waals surface area contributed by atoms with Gasteiger partial charge in [0.15, 0.2) is 11.3 Å². The molecular weight excluding hydrogens is 310 g/mol. The Hall–Kier alpha value is -0.950. The summed E-state index contributed by atoms with van der Waals surface area (Å²) < 4.78 is 13.9. The average Bonchev–Trinajstić information content (AvgIpc) is 3.00. The SMILES string of the molecule is c1cn2c(CN3CCCC[C@H]3C3OCCO3)c(C3CC3)nc2s1. The topological polar surface area (TPSA) is 39.0 Å². The van der Waals surface area contributed by atoms with Gasteiger partial charge in [-0.05, 0) is 32.2 Å². The van der Waals surface area contributed by atoms with Crippen LogP contribution in [0.5, 0.6) is 0 Å². The number of likely N-dealkylation sites (tertiary alicyclic amines) is 1. The van der Waals surface area contributed by atoms with Gasteiger partial charge in [-0.2, -0.15) is 0 Å². The molecule has 0 radical (unpaired) electrons. The van der Waals surface area contributed by atoms with Crippen LogP contribution in [0.4, 0.5) is 0 Å². The van der Waals surface area contributed by atoms with E-state index in [0.29, 0.717) is 12.0 Å². The minimum Gasteiger partial charge on any atom is -0.349 e. The zero-order valence-electron chi connectivity index (χ0n) is 13.3. The Kier molecular flexibility index (Phi) is 3.66. The van der Waals surface area contributed by atoms with E-state index in [1.807, 2.05) is 0 Å². The molecule has 2 aromatic rings. The molecule has 1 saturated carbocycles. The monoisotopic (exact) mass is 333 g/mol. The highest BCUT2D eigenvalue weighted by Crippen LogP contribution is 2.42. The number of piperidine rings is 1. The van der Waals surface area contributed by atoms with E-state index in [0.717, 1.165) is 31.3 Å². The highest BCUT2D eigenvalue weighted by molar-refractivity contribution is 7.15. The standard InChI is InChI=1S/C17H23N3O2S/c1-2-6-19(13(3-1)16-21-8-9-22-16)11-14-15(12-4-5-12)18-17-20(14)7-10-23-17/h7,10,12-13,16H,1-6,8-9,11H2/t13-/m0/s1. The predicted octanol–water partition coefficient (Wildman–Crippen LogP) is 3.00. The molecule has 0 spiro atoms. The van der Waals surface area contributed by atoms with Crippen molar-refractivity contribution in [1.29, 1.82) is 0 Å². The van der Waals surface area contributed by atoms with Crippen molar-refractivity contribution in [3.05, 3.63) is 23.0 Å². The number of hydrogen-bond acceptors (Lipinski definition) is 5. The van der Waals surface area contributed by atoms with E-state index in [2.05, 4.69) is 20.9 Å². The molecule has 3 aliphatic rings. The lowest BCUT2D eigenvalue weighted by Gasteiger charge is -2.37. The summed E-state index contributed by atoms with van der Waals surface area (Å²) in [6.45, 7) is 3.58. The Bertz CT molecular complexity index is 687. The molecule has 0 N–H and O–H groups in total. The van der Waals surface area contributed by atoms with Crippen LogP contribution >= 0.6 is 11.3 Å². The maximum Gasteiger partial charge on any atom is 0.194 e. The Balaban J connectivity index is 1.44. The number of hydrogen-bond donors (Lipinski definition) is 0. The maximum atomic E-state index is 5.82. The van der Waals surface area contributed by atoms with Crippen molar-refractivity contribution in [2.45, 2.75) is 56.9 Å². The lowest BCUT2D eigenvalue weighted by Crippen LogP contribution is -2.47. The molecule has 0 amide bonds. The number of ether oxygens (including phenoxy) is 2. The van der Waals surface area contributed by atoms with Gasteiger partial charge < -0.3 is 9.47 Å². The second-order valence-electron chi connectivity index (χ2n) is 6.92. The van der Waals surface area contributed by atoms with Crippen molar-refractivity contribution in [3.63, 3.8) is 0 Å². The zero-order valence-corrected chi connectivity index (χ0v) is 14.1. The average molecular weight is 333 g/mol. The Morgan fingerprint density at radius 3 is 2.87 bits per heavy atom. The highest BCUT2D eigenvalue weighted by Gasteiger charge is 2.36.